The Bertz CT molecular complexity index is 1170. The third kappa shape index (κ3) is 5.55. The highest BCUT2D eigenvalue weighted by atomic mass is 79.9. The molecule has 32 heavy (non-hydrogen) atoms. The highest BCUT2D eigenvalue weighted by Gasteiger charge is 2.10. The van der Waals surface area contributed by atoms with Crippen LogP contribution in [0.4, 0.5) is 23.1 Å². The number of imidazole rings is 1. The van der Waals surface area contributed by atoms with Crippen LogP contribution in [0.2, 0.25) is 0 Å². The van der Waals surface area contributed by atoms with E-state index in [1.54, 1.807) is 25.8 Å². The van der Waals surface area contributed by atoms with Crippen LogP contribution in [0.3, 0.4) is 0 Å². The van der Waals surface area contributed by atoms with Gasteiger partial charge >= 0.3 is 0 Å². The van der Waals surface area contributed by atoms with Crippen LogP contribution in [-0.4, -0.2) is 33.2 Å². The molecular formula is C23H23BrN6O2. The van der Waals surface area contributed by atoms with E-state index in [4.69, 9.17) is 9.47 Å². The van der Waals surface area contributed by atoms with Crippen molar-refractivity contribution in [1.82, 2.24) is 19.5 Å². The fraction of sp³-hybridized carbons (Fsp3) is 0.174. The summed E-state index contributed by atoms with van der Waals surface area (Å²) >= 11 is 3.50. The maximum atomic E-state index is 5.94. The van der Waals surface area contributed by atoms with Gasteiger partial charge in [0.05, 0.1) is 24.5 Å². The predicted octanol–water partition coefficient (Wildman–Crippen LogP) is 5.32. The van der Waals surface area contributed by atoms with E-state index in [-0.39, 0.29) is 0 Å². The SMILES string of the molecule is COc1ccc(Nc2ncc(Br)c(Nc3ccc(C)cc3)n2)cc1OCCn1ccnc1. The molecule has 0 fully saturated rings. The quantitative estimate of drug-likeness (QED) is 0.325. The lowest BCUT2D eigenvalue weighted by Gasteiger charge is -2.14. The first-order valence-corrected chi connectivity index (χ1v) is 10.8. The van der Waals surface area contributed by atoms with Crippen molar-refractivity contribution in [3.8, 4) is 11.5 Å². The number of methoxy groups -OCH3 is 1. The van der Waals surface area contributed by atoms with Crippen molar-refractivity contribution in [3.05, 3.63) is 77.4 Å². The summed E-state index contributed by atoms with van der Waals surface area (Å²) in [5.41, 5.74) is 2.92. The van der Waals surface area contributed by atoms with Gasteiger partial charge in [0.15, 0.2) is 11.5 Å². The average molecular weight is 495 g/mol. The van der Waals surface area contributed by atoms with Gasteiger partial charge in [-0.05, 0) is 47.1 Å². The van der Waals surface area contributed by atoms with E-state index >= 15 is 0 Å². The second kappa shape index (κ2) is 10.1. The van der Waals surface area contributed by atoms with E-state index < -0.39 is 0 Å². The summed E-state index contributed by atoms with van der Waals surface area (Å²) in [6, 6.07) is 13.7. The lowest BCUT2D eigenvalue weighted by Crippen LogP contribution is -2.07. The number of halogens is 1. The Labute approximate surface area is 194 Å². The van der Waals surface area contributed by atoms with Crippen LogP contribution < -0.4 is 20.1 Å². The fourth-order valence-electron chi connectivity index (χ4n) is 2.96. The van der Waals surface area contributed by atoms with Crippen molar-refractivity contribution >= 4 is 39.1 Å². The maximum absolute atomic E-state index is 5.94. The van der Waals surface area contributed by atoms with Crippen LogP contribution in [0, 0.1) is 6.92 Å². The van der Waals surface area contributed by atoms with Gasteiger partial charge in [0, 0.05) is 36.0 Å². The molecule has 2 heterocycles. The Kier molecular flexibility index (Phi) is 6.86. The number of ether oxygens (including phenoxy) is 2. The van der Waals surface area contributed by atoms with E-state index in [1.807, 2.05) is 53.2 Å². The van der Waals surface area contributed by atoms with Crippen LogP contribution in [-0.2, 0) is 6.54 Å². The van der Waals surface area contributed by atoms with Crippen LogP contribution in [0.1, 0.15) is 5.56 Å². The van der Waals surface area contributed by atoms with Crippen molar-refractivity contribution in [2.45, 2.75) is 13.5 Å². The summed E-state index contributed by atoms with van der Waals surface area (Å²) in [6.45, 7) is 3.22. The minimum Gasteiger partial charge on any atom is -0.493 e. The molecule has 4 aromatic rings. The van der Waals surface area contributed by atoms with Gasteiger partial charge in [-0.25, -0.2) is 9.97 Å². The summed E-state index contributed by atoms with van der Waals surface area (Å²) in [4.78, 5) is 13.0. The largest absolute Gasteiger partial charge is 0.493 e. The third-order valence-electron chi connectivity index (χ3n) is 4.64. The molecule has 0 saturated heterocycles. The number of aromatic nitrogens is 4. The molecule has 2 aromatic carbocycles. The topological polar surface area (TPSA) is 86.1 Å². The Morgan fingerprint density at radius 3 is 2.59 bits per heavy atom. The summed E-state index contributed by atoms with van der Waals surface area (Å²) in [6.07, 6.45) is 7.10. The molecule has 0 atom stereocenters. The second-order valence-corrected chi connectivity index (χ2v) is 7.88. The summed E-state index contributed by atoms with van der Waals surface area (Å²) in [5.74, 6) is 2.40. The van der Waals surface area contributed by atoms with Gasteiger partial charge in [-0.15, -0.1) is 0 Å². The van der Waals surface area contributed by atoms with Crippen molar-refractivity contribution in [3.63, 3.8) is 0 Å². The van der Waals surface area contributed by atoms with Crippen LogP contribution in [0.15, 0.2) is 71.9 Å². The van der Waals surface area contributed by atoms with Crippen molar-refractivity contribution < 1.29 is 9.47 Å². The first-order valence-electron chi connectivity index (χ1n) is 10.0. The molecule has 8 nitrogen and oxygen atoms in total. The predicted molar refractivity (Wildman–Crippen MR) is 128 cm³/mol. The van der Waals surface area contributed by atoms with Gasteiger partial charge in [-0.3, -0.25) is 0 Å². The molecule has 0 aliphatic rings. The number of anilines is 4. The smallest absolute Gasteiger partial charge is 0.229 e. The van der Waals surface area contributed by atoms with Crippen molar-refractivity contribution in [2.75, 3.05) is 24.4 Å². The van der Waals surface area contributed by atoms with Gasteiger partial charge in [0.1, 0.15) is 12.4 Å². The molecule has 0 amide bonds. The van der Waals surface area contributed by atoms with Crippen LogP contribution in [0.25, 0.3) is 0 Å². The van der Waals surface area contributed by atoms with Crippen LogP contribution >= 0.6 is 15.9 Å². The molecule has 0 aliphatic heterocycles. The molecule has 0 bridgehead atoms. The minimum absolute atomic E-state index is 0.456. The van der Waals surface area contributed by atoms with E-state index in [2.05, 4.69) is 48.4 Å². The Morgan fingerprint density at radius 1 is 1.03 bits per heavy atom. The molecular weight excluding hydrogens is 472 g/mol. The van der Waals surface area contributed by atoms with Gasteiger partial charge in [0.25, 0.3) is 0 Å². The highest BCUT2D eigenvalue weighted by molar-refractivity contribution is 9.10. The normalized spacial score (nSPS) is 10.6. The Morgan fingerprint density at radius 2 is 1.84 bits per heavy atom. The standard InChI is InChI=1S/C23H23BrN6O2/c1-16-3-5-17(6-4-16)27-22-19(24)14-26-23(29-22)28-18-7-8-20(31-2)21(13-18)32-12-11-30-10-9-25-15-30/h3-10,13-15H,11-12H2,1-2H3,(H2,26,27,28,29). The van der Waals surface area contributed by atoms with Gasteiger partial charge < -0.3 is 24.7 Å². The molecule has 0 spiro atoms. The molecule has 0 unspecified atom stereocenters. The minimum atomic E-state index is 0.456. The zero-order valence-corrected chi connectivity index (χ0v) is 19.3. The molecule has 4 rings (SSSR count). The molecule has 0 radical (unpaired) electrons. The van der Waals surface area contributed by atoms with Gasteiger partial charge in [-0.2, -0.15) is 4.98 Å². The number of hydrogen-bond acceptors (Lipinski definition) is 7. The van der Waals surface area contributed by atoms with Crippen molar-refractivity contribution in [2.24, 2.45) is 0 Å². The molecule has 164 valence electrons. The van der Waals surface area contributed by atoms with E-state index in [1.165, 1.54) is 5.56 Å². The second-order valence-electron chi connectivity index (χ2n) is 7.02. The highest BCUT2D eigenvalue weighted by Crippen LogP contribution is 2.32. The first-order chi connectivity index (χ1) is 15.6. The first kappa shape index (κ1) is 21.6. The number of nitrogens with one attached hydrogen (secondary N) is 2. The molecule has 0 aliphatic carbocycles. The van der Waals surface area contributed by atoms with Crippen LogP contribution in [0.5, 0.6) is 11.5 Å². The van der Waals surface area contributed by atoms with Gasteiger partial charge in [-0.1, -0.05) is 17.7 Å². The zero-order chi connectivity index (χ0) is 22.3. The Hall–Kier alpha value is -3.59. The lowest BCUT2D eigenvalue weighted by atomic mass is 10.2. The zero-order valence-electron chi connectivity index (χ0n) is 17.7. The van der Waals surface area contributed by atoms with E-state index in [0.29, 0.717) is 36.4 Å². The summed E-state index contributed by atoms with van der Waals surface area (Å²) in [7, 11) is 1.62. The maximum Gasteiger partial charge on any atom is 0.229 e. The number of rotatable bonds is 9. The van der Waals surface area contributed by atoms with Gasteiger partial charge in [0.2, 0.25) is 5.95 Å². The van der Waals surface area contributed by atoms with E-state index in [0.717, 1.165) is 15.8 Å². The summed E-state index contributed by atoms with van der Waals surface area (Å²) < 4.78 is 14.1. The number of benzene rings is 2. The number of aryl methyl sites for hydroxylation is 1. The molecule has 2 N–H and O–H groups in total. The third-order valence-corrected chi connectivity index (χ3v) is 5.22. The average Bonchev–Trinajstić information content (AvgIpc) is 3.31. The van der Waals surface area contributed by atoms with Crippen molar-refractivity contribution in [1.29, 1.82) is 0 Å². The molecule has 9 heteroatoms. The fourth-order valence-corrected chi connectivity index (χ4v) is 3.26. The number of hydrogen-bond donors (Lipinski definition) is 2. The van der Waals surface area contributed by atoms with E-state index in [9.17, 15) is 0 Å². The Balaban J connectivity index is 1.47. The molecule has 0 saturated carbocycles. The summed E-state index contributed by atoms with van der Waals surface area (Å²) in [5, 5.41) is 6.53. The monoisotopic (exact) mass is 494 g/mol. The molecule has 2 aromatic heterocycles. The lowest BCUT2D eigenvalue weighted by molar-refractivity contribution is 0.280. The number of nitrogens with zero attached hydrogens (tertiary/aromatic N) is 4.